The maximum atomic E-state index is 13.2. The van der Waals surface area contributed by atoms with Crippen molar-refractivity contribution in [1.82, 2.24) is 5.32 Å². The Balaban J connectivity index is 1.42. The molecule has 4 aromatic rings. The van der Waals surface area contributed by atoms with E-state index in [4.69, 9.17) is 20.8 Å². The van der Waals surface area contributed by atoms with Crippen molar-refractivity contribution in [2.45, 2.75) is 11.8 Å². The van der Waals surface area contributed by atoms with Gasteiger partial charge in [-0.15, -0.1) is 11.8 Å². The van der Waals surface area contributed by atoms with Crippen molar-refractivity contribution in [3.8, 4) is 5.75 Å². The van der Waals surface area contributed by atoms with Crippen LogP contribution in [-0.2, 0) is 9.59 Å². The van der Waals surface area contributed by atoms with Crippen LogP contribution < -0.4 is 20.7 Å². The van der Waals surface area contributed by atoms with Crippen LogP contribution in [-0.4, -0.2) is 30.6 Å². The van der Waals surface area contributed by atoms with Crippen molar-refractivity contribution < 1.29 is 23.5 Å². The molecule has 204 valence electrons. The number of anilines is 2. The second-order valence-electron chi connectivity index (χ2n) is 8.51. The molecule has 8 nitrogen and oxygen atoms in total. The molecular formula is C30H26ClN3O5S. The number of methoxy groups -OCH3 is 1. The molecule has 3 aromatic carbocycles. The molecule has 1 aromatic heterocycles. The average molecular weight is 576 g/mol. The molecule has 3 amide bonds. The number of nitrogens with one attached hydrogen (secondary N) is 3. The number of ether oxygens (including phenoxy) is 1. The Morgan fingerprint density at radius 3 is 2.50 bits per heavy atom. The van der Waals surface area contributed by atoms with E-state index >= 15 is 0 Å². The van der Waals surface area contributed by atoms with Gasteiger partial charge in [-0.1, -0.05) is 35.9 Å². The van der Waals surface area contributed by atoms with Crippen LogP contribution in [0.1, 0.15) is 21.7 Å². The Hall–Kier alpha value is -4.47. The van der Waals surface area contributed by atoms with Crippen molar-refractivity contribution in [2.24, 2.45) is 0 Å². The Bertz CT molecular complexity index is 1540. The third-order valence-electron chi connectivity index (χ3n) is 5.58. The van der Waals surface area contributed by atoms with Crippen molar-refractivity contribution in [3.63, 3.8) is 0 Å². The smallest absolute Gasteiger partial charge is 0.272 e. The van der Waals surface area contributed by atoms with Crippen LogP contribution in [0.15, 0.2) is 100 Å². The Kier molecular flexibility index (Phi) is 9.66. The van der Waals surface area contributed by atoms with Crippen molar-refractivity contribution in [2.75, 3.05) is 23.5 Å². The molecule has 0 saturated carbocycles. The summed E-state index contributed by atoms with van der Waals surface area (Å²) in [6, 6.07) is 22.4. The molecule has 40 heavy (non-hydrogen) atoms. The molecule has 0 atom stereocenters. The molecule has 4 rings (SSSR count). The monoisotopic (exact) mass is 575 g/mol. The lowest BCUT2D eigenvalue weighted by Crippen LogP contribution is -2.30. The topological polar surface area (TPSA) is 110 Å². The van der Waals surface area contributed by atoms with E-state index in [1.165, 1.54) is 31.2 Å². The van der Waals surface area contributed by atoms with E-state index in [2.05, 4.69) is 16.0 Å². The van der Waals surface area contributed by atoms with Crippen molar-refractivity contribution >= 4 is 58.5 Å². The van der Waals surface area contributed by atoms with Crippen LogP contribution in [0.5, 0.6) is 5.75 Å². The standard InChI is InChI=1S/C30H26ClN3O5S/c1-19-14-25(27(38-2)17-24(19)31)33-28(35)18-40-23-12-6-10-21(15-23)32-30(37)26(16-22-11-7-13-39-22)34-29(36)20-8-4-3-5-9-20/h3-17H,18H2,1-2H3,(H,32,37)(H,33,35)(H,34,36)/b26-16-. The first-order valence-corrected chi connectivity index (χ1v) is 13.5. The maximum Gasteiger partial charge on any atom is 0.272 e. The van der Waals surface area contributed by atoms with Gasteiger partial charge in [-0.25, -0.2) is 0 Å². The predicted octanol–water partition coefficient (Wildman–Crippen LogP) is 6.39. The highest BCUT2D eigenvalue weighted by Gasteiger charge is 2.16. The summed E-state index contributed by atoms with van der Waals surface area (Å²) < 4.78 is 10.6. The fourth-order valence-electron chi connectivity index (χ4n) is 3.59. The molecule has 0 spiro atoms. The number of amides is 3. The number of benzene rings is 3. The van der Waals surface area contributed by atoms with E-state index in [9.17, 15) is 14.4 Å². The van der Waals surface area contributed by atoms with Crippen LogP contribution in [0.2, 0.25) is 5.02 Å². The number of hydrogen-bond acceptors (Lipinski definition) is 6. The van der Waals surface area contributed by atoms with Crippen LogP contribution in [0.4, 0.5) is 11.4 Å². The number of rotatable bonds is 10. The molecular weight excluding hydrogens is 550 g/mol. The number of aryl methyl sites for hydroxylation is 1. The number of carbonyl (C=O) groups is 3. The second kappa shape index (κ2) is 13.5. The first kappa shape index (κ1) is 28.5. The zero-order chi connectivity index (χ0) is 28.5. The van der Waals surface area contributed by atoms with Gasteiger partial charge in [0.1, 0.15) is 17.2 Å². The summed E-state index contributed by atoms with van der Waals surface area (Å²) in [5.41, 5.74) is 2.25. The summed E-state index contributed by atoms with van der Waals surface area (Å²) in [7, 11) is 1.51. The lowest BCUT2D eigenvalue weighted by atomic mass is 10.2. The summed E-state index contributed by atoms with van der Waals surface area (Å²) in [4.78, 5) is 39.3. The highest BCUT2D eigenvalue weighted by molar-refractivity contribution is 8.00. The number of thioether (sulfide) groups is 1. The third-order valence-corrected chi connectivity index (χ3v) is 6.98. The molecule has 0 radical (unpaired) electrons. The molecule has 3 N–H and O–H groups in total. The normalized spacial score (nSPS) is 11.0. The van der Waals surface area contributed by atoms with Gasteiger partial charge in [0.2, 0.25) is 5.91 Å². The van der Waals surface area contributed by atoms with Gasteiger partial charge in [0, 0.05) is 33.3 Å². The molecule has 0 aliphatic heterocycles. The van der Waals surface area contributed by atoms with Crippen molar-refractivity contribution in [1.29, 1.82) is 0 Å². The maximum absolute atomic E-state index is 13.2. The van der Waals surface area contributed by atoms with E-state index < -0.39 is 11.8 Å². The lowest BCUT2D eigenvalue weighted by Gasteiger charge is -2.13. The van der Waals surface area contributed by atoms with Gasteiger partial charge >= 0.3 is 0 Å². The average Bonchev–Trinajstić information content (AvgIpc) is 3.47. The quantitative estimate of drug-likeness (QED) is 0.149. The van der Waals surface area contributed by atoms with Crippen LogP contribution in [0.25, 0.3) is 6.08 Å². The van der Waals surface area contributed by atoms with Gasteiger partial charge in [-0.3, -0.25) is 14.4 Å². The summed E-state index contributed by atoms with van der Waals surface area (Å²) in [5, 5.41) is 8.85. The summed E-state index contributed by atoms with van der Waals surface area (Å²) in [5.74, 6) is -0.203. The fraction of sp³-hybridized carbons (Fsp3) is 0.100. The van der Waals surface area contributed by atoms with E-state index in [1.807, 2.05) is 13.0 Å². The van der Waals surface area contributed by atoms with E-state index in [0.717, 1.165) is 10.5 Å². The Morgan fingerprint density at radius 2 is 1.77 bits per heavy atom. The fourth-order valence-corrected chi connectivity index (χ4v) is 4.49. The number of halogens is 1. The van der Waals surface area contributed by atoms with Gasteiger partial charge in [0.05, 0.1) is 24.8 Å². The first-order chi connectivity index (χ1) is 19.3. The largest absolute Gasteiger partial charge is 0.495 e. The zero-order valence-electron chi connectivity index (χ0n) is 21.7. The molecule has 0 unspecified atom stereocenters. The van der Waals surface area contributed by atoms with Gasteiger partial charge in [0.15, 0.2) is 0 Å². The molecule has 0 aliphatic rings. The zero-order valence-corrected chi connectivity index (χ0v) is 23.3. The van der Waals surface area contributed by atoms with E-state index in [1.54, 1.807) is 72.8 Å². The number of furan rings is 1. The van der Waals surface area contributed by atoms with Crippen LogP contribution in [0, 0.1) is 6.92 Å². The van der Waals surface area contributed by atoms with Crippen LogP contribution in [0.3, 0.4) is 0 Å². The van der Waals surface area contributed by atoms with E-state index in [-0.39, 0.29) is 17.4 Å². The van der Waals surface area contributed by atoms with Gasteiger partial charge in [0.25, 0.3) is 11.8 Å². The highest BCUT2D eigenvalue weighted by atomic mass is 35.5. The second-order valence-corrected chi connectivity index (χ2v) is 9.97. The SMILES string of the molecule is COc1cc(Cl)c(C)cc1NC(=O)CSc1cccc(NC(=O)/C(=C/c2ccco2)NC(=O)c2ccccc2)c1. The highest BCUT2D eigenvalue weighted by Crippen LogP contribution is 2.31. The molecule has 0 saturated heterocycles. The summed E-state index contributed by atoms with van der Waals surface area (Å²) >= 11 is 7.45. The summed E-state index contributed by atoms with van der Waals surface area (Å²) in [6.45, 7) is 1.84. The Labute approximate surface area is 240 Å². The van der Waals surface area contributed by atoms with Gasteiger partial charge in [-0.05, 0) is 61.0 Å². The summed E-state index contributed by atoms with van der Waals surface area (Å²) in [6.07, 6.45) is 2.92. The number of carbonyl (C=O) groups excluding carboxylic acids is 3. The minimum atomic E-state index is -0.536. The van der Waals surface area contributed by atoms with E-state index in [0.29, 0.717) is 33.5 Å². The van der Waals surface area contributed by atoms with Gasteiger partial charge in [-0.2, -0.15) is 0 Å². The Morgan fingerprint density at radius 1 is 0.975 bits per heavy atom. The first-order valence-electron chi connectivity index (χ1n) is 12.1. The minimum Gasteiger partial charge on any atom is -0.495 e. The molecule has 10 heteroatoms. The minimum absolute atomic E-state index is 0.00782. The lowest BCUT2D eigenvalue weighted by molar-refractivity contribution is -0.114. The molecule has 0 aliphatic carbocycles. The molecule has 1 heterocycles. The predicted molar refractivity (Wildman–Crippen MR) is 158 cm³/mol. The number of hydrogen-bond donors (Lipinski definition) is 3. The molecule has 0 fully saturated rings. The molecule has 0 bridgehead atoms. The van der Waals surface area contributed by atoms with Crippen LogP contribution >= 0.6 is 23.4 Å². The van der Waals surface area contributed by atoms with Gasteiger partial charge < -0.3 is 25.1 Å². The van der Waals surface area contributed by atoms with Crippen molar-refractivity contribution in [3.05, 3.63) is 113 Å². The third kappa shape index (κ3) is 7.78.